The minimum Gasteiger partial charge on any atom is -0.480 e. The molecule has 1 unspecified atom stereocenters. The average molecular weight is 603 g/mol. The van der Waals surface area contributed by atoms with Crippen LogP contribution in [-0.2, 0) is 30.5 Å². The molecule has 3 amide bonds. The second-order valence-corrected chi connectivity index (χ2v) is 10.2. The highest BCUT2D eigenvalue weighted by atomic mass is 19.4. The molecular weight excluding hydrogens is 565 g/mol. The van der Waals surface area contributed by atoms with E-state index < -0.39 is 24.2 Å². The quantitative estimate of drug-likeness (QED) is 0.330. The lowest BCUT2D eigenvalue weighted by Gasteiger charge is -2.34. The number of nitrogens with two attached hydrogens (primary N) is 1. The molecule has 0 radical (unpaired) electrons. The fourth-order valence-electron chi connectivity index (χ4n) is 4.56. The number of piperidine rings is 2. The maximum Gasteiger partial charge on any atom is 0.490 e. The van der Waals surface area contributed by atoms with Crippen LogP contribution in [0.5, 0.6) is 0 Å². The number of carboxylic acid groups (broad SMARTS) is 2. The number of amides is 3. The van der Waals surface area contributed by atoms with Crippen molar-refractivity contribution in [2.75, 3.05) is 32.7 Å². The summed E-state index contributed by atoms with van der Waals surface area (Å²) in [4.78, 5) is 60.6. The van der Waals surface area contributed by atoms with Gasteiger partial charge in [-0.1, -0.05) is 30.3 Å². The van der Waals surface area contributed by atoms with Crippen LogP contribution in [-0.4, -0.2) is 94.8 Å². The Bertz CT molecular complexity index is 1070. The molecule has 2 atom stereocenters. The Morgan fingerprint density at radius 2 is 1.62 bits per heavy atom. The van der Waals surface area contributed by atoms with Crippen molar-refractivity contribution in [1.29, 1.82) is 0 Å². The number of carboxylic acids is 2. The van der Waals surface area contributed by atoms with Crippen molar-refractivity contribution in [2.45, 2.75) is 57.3 Å². The highest BCUT2D eigenvalue weighted by molar-refractivity contribution is 5.82. The van der Waals surface area contributed by atoms with E-state index in [9.17, 15) is 32.3 Å². The summed E-state index contributed by atoms with van der Waals surface area (Å²) in [6.45, 7) is 2.35. The first-order valence-corrected chi connectivity index (χ1v) is 13.6. The minimum absolute atomic E-state index is 0.0365. The van der Waals surface area contributed by atoms with Crippen LogP contribution >= 0.6 is 0 Å². The fraction of sp³-hybridized carbons (Fsp3) is 0.593. The molecule has 0 saturated carbocycles. The van der Waals surface area contributed by atoms with Crippen LogP contribution in [0.1, 0.15) is 44.1 Å². The zero-order valence-corrected chi connectivity index (χ0v) is 23.1. The van der Waals surface area contributed by atoms with Gasteiger partial charge in [0.05, 0.1) is 5.92 Å². The van der Waals surface area contributed by atoms with Gasteiger partial charge in [-0.25, -0.2) is 9.59 Å². The maximum absolute atomic E-state index is 12.8. The first kappa shape index (κ1) is 34.3. The molecule has 12 nitrogen and oxygen atoms in total. The van der Waals surface area contributed by atoms with E-state index in [2.05, 4.69) is 5.32 Å². The van der Waals surface area contributed by atoms with E-state index in [1.165, 1.54) is 0 Å². The van der Waals surface area contributed by atoms with Crippen molar-refractivity contribution >= 4 is 29.8 Å². The fourth-order valence-corrected chi connectivity index (χ4v) is 4.56. The smallest absolute Gasteiger partial charge is 0.480 e. The third kappa shape index (κ3) is 11.9. The van der Waals surface area contributed by atoms with Crippen LogP contribution in [0.3, 0.4) is 0 Å². The van der Waals surface area contributed by atoms with Crippen LogP contribution in [0.25, 0.3) is 0 Å². The molecule has 2 heterocycles. The van der Waals surface area contributed by atoms with Gasteiger partial charge in [-0.15, -0.1) is 0 Å². The van der Waals surface area contributed by atoms with Crippen molar-refractivity contribution in [3.8, 4) is 0 Å². The molecule has 0 bridgehead atoms. The molecule has 2 aliphatic heterocycles. The number of likely N-dealkylation sites (tertiary alicyclic amines) is 2. The maximum atomic E-state index is 12.8. The molecule has 42 heavy (non-hydrogen) atoms. The molecule has 0 aromatic heterocycles. The summed E-state index contributed by atoms with van der Waals surface area (Å²) in [7, 11) is 0. The lowest BCUT2D eigenvalue weighted by atomic mass is 9.91. The second kappa shape index (κ2) is 16.5. The van der Waals surface area contributed by atoms with Gasteiger partial charge in [-0.2, -0.15) is 13.2 Å². The van der Waals surface area contributed by atoms with Crippen molar-refractivity contribution in [3.05, 3.63) is 35.9 Å². The Morgan fingerprint density at radius 3 is 2.19 bits per heavy atom. The van der Waals surface area contributed by atoms with Gasteiger partial charge in [0.1, 0.15) is 12.6 Å². The van der Waals surface area contributed by atoms with Crippen LogP contribution < -0.4 is 11.1 Å². The molecule has 2 aliphatic rings. The highest BCUT2D eigenvalue weighted by Gasteiger charge is 2.38. The van der Waals surface area contributed by atoms with Gasteiger partial charge in [0.15, 0.2) is 0 Å². The molecule has 5 N–H and O–H groups in total. The van der Waals surface area contributed by atoms with Gasteiger partial charge < -0.3 is 35.8 Å². The highest BCUT2D eigenvalue weighted by Crippen LogP contribution is 2.24. The summed E-state index contributed by atoms with van der Waals surface area (Å²) in [5.74, 6) is -4.12. The lowest BCUT2D eigenvalue weighted by molar-refractivity contribution is -0.192. The van der Waals surface area contributed by atoms with E-state index in [0.717, 1.165) is 31.2 Å². The van der Waals surface area contributed by atoms with Crippen molar-refractivity contribution in [2.24, 2.45) is 17.6 Å². The minimum atomic E-state index is -5.08. The van der Waals surface area contributed by atoms with Crippen molar-refractivity contribution in [3.63, 3.8) is 0 Å². The summed E-state index contributed by atoms with van der Waals surface area (Å²) in [6.07, 6.45) is -1.14. The number of nitrogens with zero attached hydrogens (tertiary/aromatic N) is 2. The van der Waals surface area contributed by atoms with Crippen LogP contribution in [0.2, 0.25) is 0 Å². The Kier molecular flexibility index (Phi) is 13.5. The van der Waals surface area contributed by atoms with E-state index in [4.69, 9.17) is 25.5 Å². The number of nitrogens with one attached hydrogen (secondary N) is 1. The second-order valence-electron chi connectivity index (χ2n) is 10.2. The number of rotatable bonds is 9. The summed E-state index contributed by atoms with van der Waals surface area (Å²) < 4.78 is 37.1. The average Bonchev–Trinajstić information content (AvgIpc) is 2.97. The number of carbonyl (C=O) groups is 5. The predicted octanol–water partition coefficient (Wildman–Crippen LogP) is 2.22. The molecule has 234 valence electrons. The number of hydrogen-bond donors (Lipinski definition) is 4. The molecule has 0 spiro atoms. The van der Waals surface area contributed by atoms with Gasteiger partial charge in [-0.3, -0.25) is 14.4 Å². The molecule has 15 heteroatoms. The summed E-state index contributed by atoms with van der Waals surface area (Å²) in [5.41, 5.74) is 6.39. The number of ether oxygens (including phenoxy) is 1. The Morgan fingerprint density at radius 1 is 1.00 bits per heavy atom. The number of benzene rings is 1. The van der Waals surface area contributed by atoms with Crippen LogP contribution in [0.15, 0.2) is 30.3 Å². The largest absolute Gasteiger partial charge is 0.490 e. The first-order chi connectivity index (χ1) is 19.8. The topological polar surface area (TPSA) is 180 Å². The Labute approximate surface area is 241 Å². The lowest BCUT2D eigenvalue weighted by Crippen LogP contribution is -2.48. The third-order valence-corrected chi connectivity index (χ3v) is 7.05. The number of aliphatic carboxylic acids is 2. The number of halogens is 3. The van der Waals surface area contributed by atoms with Crippen molar-refractivity contribution < 1.29 is 52.1 Å². The van der Waals surface area contributed by atoms with E-state index in [0.29, 0.717) is 44.9 Å². The summed E-state index contributed by atoms with van der Waals surface area (Å²) in [6, 6.07) is 8.44. The SMILES string of the molecule is NC(CNC(=O)[C@@H]1CCCN(C(=O)CCC2CCN(C(=O)OCc3ccccc3)CC2)C1)C(=O)O.O=C(O)C(F)(F)F. The summed E-state index contributed by atoms with van der Waals surface area (Å²) in [5, 5.41) is 18.5. The van der Waals surface area contributed by atoms with Crippen LogP contribution in [0.4, 0.5) is 18.0 Å². The standard InChI is InChI=1S/C25H36N4O6.C2HF3O2/c26-21(24(32)33)15-27-23(31)20-7-4-12-29(16-20)22(30)9-8-18-10-13-28(14-11-18)25(34)35-17-19-5-2-1-3-6-19;3-2(4,5)1(6)7/h1-3,5-6,18,20-21H,4,7-17,26H2,(H,27,31)(H,32,33);(H,6,7)/t20-,21?;/m1./s1. The summed E-state index contributed by atoms with van der Waals surface area (Å²) >= 11 is 0. The zero-order valence-electron chi connectivity index (χ0n) is 23.1. The van der Waals surface area contributed by atoms with E-state index in [-0.39, 0.29) is 37.0 Å². The van der Waals surface area contributed by atoms with Gasteiger partial charge in [0, 0.05) is 39.1 Å². The first-order valence-electron chi connectivity index (χ1n) is 13.6. The van der Waals surface area contributed by atoms with Crippen LogP contribution in [0, 0.1) is 11.8 Å². The van der Waals surface area contributed by atoms with E-state index >= 15 is 0 Å². The Hall–Kier alpha value is -3.88. The third-order valence-electron chi connectivity index (χ3n) is 7.05. The number of hydrogen-bond acceptors (Lipinski definition) is 7. The van der Waals surface area contributed by atoms with E-state index in [1.807, 2.05) is 30.3 Å². The number of carbonyl (C=O) groups excluding carboxylic acids is 3. The number of alkyl halides is 3. The zero-order chi connectivity index (χ0) is 31.3. The van der Waals surface area contributed by atoms with Gasteiger partial charge in [0.25, 0.3) is 0 Å². The molecule has 2 fully saturated rings. The van der Waals surface area contributed by atoms with Gasteiger partial charge in [-0.05, 0) is 43.6 Å². The molecule has 1 aromatic carbocycles. The molecule has 0 aliphatic carbocycles. The predicted molar refractivity (Wildman–Crippen MR) is 142 cm³/mol. The molecule has 1 aromatic rings. The van der Waals surface area contributed by atoms with Crippen molar-refractivity contribution in [1.82, 2.24) is 15.1 Å². The molecule has 2 saturated heterocycles. The normalized spacial score (nSPS) is 18.2. The molecule has 3 rings (SSSR count). The Balaban J connectivity index is 0.000000782. The molecular formula is C27H37F3N4O8. The monoisotopic (exact) mass is 602 g/mol. The van der Waals surface area contributed by atoms with Gasteiger partial charge in [0.2, 0.25) is 11.8 Å². The van der Waals surface area contributed by atoms with Gasteiger partial charge >= 0.3 is 24.2 Å². The van der Waals surface area contributed by atoms with E-state index in [1.54, 1.807) is 9.80 Å².